The molecule has 4 rings (SSSR count). The lowest BCUT2D eigenvalue weighted by Crippen LogP contribution is -2.63. The summed E-state index contributed by atoms with van der Waals surface area (Å²) in [6.07, 6.45) is 4.91. The Balaban J connectivity index is 1.70. The quantitative estimate of drug-likeness (QED) is 0.797. The molecule has 2 fully saturated rings. The maximum Gasteiger partial charge on any atom is 0.290 e. The summed E-state index contributed by atoms with van der Waals surface area (Å²) in [5.74, 6) is -0.836. The van der Waals surface area contributed by atoms with Crippen LogP contribution in [-0.4, -0.2) is 52.5 Å². The first-order chi connectivity index (χ1) is 14.2. The third-order valence-corrected chi connectivity index (χ3v) is 7.36. The van der Waals surface area contributed by atoms with E-state index in [0.29, 0.717) is 12.5 Å². The van der Waals surface area contributed by atoms with Gasteiger partial charge >= 0.3 is 0 Å². The normalized spacial score (nSPS) is 26.3. The number of hydrogen-bond acceptors (Lipinski definition) is 4. The van der Waals surface area contributed by atoms with Crippen LogP contribution >= 0.6 is 0 Å². The molecule has 0 bridgehead atoms. The Kier molecular flexibility index (Phi) is 5.28. The molecule has 1 aliphatic carbocycles. The van der Waals surface area contributed by atoms with E-state index in [1.54, 1.807) is 11.9 Å². The maximum atomic E-state index is 12.9. The second-order valence-corrected chi connectivity index (χ2v) is 9.58. The highest BCUT2D eigenvalue weighted by Gasteiger charge is 2.47. The van der Waals surface area contributed by atoms with Gasteiger partial charge in [0.15, 0.2) is 5.70 Å². The number of aliphatic hydroxyl groups excluding tert-OH is 1. The van der Waals surface area contributed by atoms with Crippen molar-refractivity contribution >= 4 is 11.8 Å². The van der Waals surface area contributed by atoms with Gasteiger partial charge in [-0.1, -0.05) is 51.0 Å². The van der Waals surface area contributed by atoms with Gasteiger partial charge in [-0.3, -0.25) is 9.59 Å². The fourth-order valence-corrected chi connectivity index (χ4v) is 5.34. The molecule has 2 atom stereocenters. The van der Waals surface area contributed by atoms with E-state index in [0.717, 1.165) is 19.3 Å². The summed E-state index contributed by atoms with van der Waals surface area (Å²) in [4.78, 5) is 28.9. The van der Waals surface area contributed by atoms with Crippen LogP contribution in [0.4, 0.5) is 0 Å². The second-order valence-electron chi connectivity index (χ2n) is 9.58. The lowest BCUT2D eigenvalue weighted by molar-refractivity contribution is -0.138. The number of nitrogens with zero attached hydrogens (tertiary/aromatic N) is 2. The van der Waals surface area contributed by atoms with Crippen molar-refractivity contribution in [2.24, 2.45) is 0 Å². The first-order valence-electron chi connectivity index (χ1n) is 11.1. The number of carbonyl (C=O) groups is 2. The molecule has 1 aromatic carbocycles. The highest BCUT2D eigenvalue weighted by Crippen LogP contribution is 2.46. The second kappa shape index (κ2) is 7.64. The molecular weight excluding hydrogens is 378 g/mol. The molecule has 162 valence electrons. The lowest BCUT2D eigenvalue weighted by atomic mass is 9.74. The monoisotopic (exact) mass is 411 g/mol. The van der Waals surface area contributed by atoms with E-state index >= 15 is 0 Å². The summed E-state index contributed by atoms with van der Waals surface area (Å²) in [6, 6.07) is 8.87. The number of nitrogens with one attached hydrogen (secondary N) is 1. The van der Waals surface area contributed by atoms with Gasteiger partial charge in [0.25, 0.3) is 11.8 Å². The van der Waals surface area contributed by atoms with E-state index < -0.39 is 11.7 Å². The smallest absolute Gasteiger partial charge is 0.290 e. The molecule has 6 nitrogen and oxygen atoms in total. The molecule has 0 radical (unpaired) electrons. The number of fused-ring (bicyclic) bond motifs is 1. The molecule has 2 heterocycles. The summed E-state index contributed by atoms with van der Waals surface area (Å²) < 4.78 is 0. The molecule has 1 saturated carbocycles. The fraction of sp³-hybridized carbons (Fsp3) is 0.583. The van der Waals surface area contributed by atoms with E-state index in [1.165, 1.54) is 24.0 Å². The molecule has 30 heavy (non-hydrogen) atoms. The number of likely N-dealkylation sites (N-methyl/N-ethyl adjacent to an activating group) is 1. The van der Waals surface area contributed by atoms with Crippen molar-refractivity contribution in [2.75, 3.05) is 13.6 Å². The zero-order valence-electron chi connectivity index (χ0n) is 18.4. The van der Waals surface area contributed by atoms with Gasteiger partial charge in [0.05, 0.1) is 0 Å². The standard InChI is InChI=1S/C24H33N3O3/c1-15(2)17-8-7-9-18(12-17)24(10-5-6-11-24)13-19-25-22(29)21(28)20-23(30)26(4)16(3)14-27(19)20/h7-9,12,15-16,19,28H,5-6,10-11,13-14H2,1-4H3,(H,25,29)/t16-,19?/m0/s1. The average molecular weight is 412 g/mol. The molecule has 2 N–H and O–H groups in total. The Hall–Kier alpha value is -2.50. The van der Waals surface area contributed by atoms with Crippen LogP contribution in [0, 0.1) is 0 Å². The van der Waals surface area contributed by atoms with Crippen molar-refractivity contribution in [1.82, 2.24) is 15.1 Å². The Morgan fingerprint density at radius 1 is 1.23 bits per heavy atom. The minimum Gasteiger partial charge on any atom is -0.501 e. The number of aliphatic hydroxyl groups is 1. The van der Waals surface area contributed by atoms with Gasteiger partial charge in [0.2, 0.25) is 5.76 Å². The highest BCUT2D eigenvalue weighted by molar-refractivity contribution is 6.04. The third kappa shape index (κ3) is 3.36. The Bertz CT molecular complexity index is 885. The molecule has 6 heteroatoms. The average Bonchev–Trinajstić information content (AvgIpc) is 3.19. The number of carbonyl (C=O) groups excluding carboxylic acids is 2. The van der Waals surface area contributed by atoms with Crippen molar-refractivity contribution in [3.8, 4) is 0 Å². The van der Waals surface area contributed by atoms with Crippen LogP contribution in [0.2, 0.25) is 0 Å². The lowest BCUT2D eigenvalue weighted by Gasteiger charge is -2.48. The number of benzene rings is 1. The number of amides is 2. The molecule has 1 unspecified atom stereocenters. The first kappa shape index (κ1) is 20.8. The number of piperazine rings is 1. The van der Waals surface area contributed by atoms with Crippen LogP contribution in [0.5, 0.6) is 0 Å². The van der Waals surface area contributed by atoms with Crippen molar-refractivity contribution in [3.63, 3.8) is 0 Å². The zero-order valence-corrected chi connectivity index (χ0v) is 18.4. The van der Waals surface area contributed by atoms with Gasteiger partial charge in [-0.05, 0) is 48.6 Å². The van der Waals surface area contributed by atoms with Gasteiger partial charge in [-0.15, -0.1) is 0 Å². The van der Waals surface area contributed by atoms with Gasteiger partial charge in [-0.25, -0.2) is 0 Å². The Morgan fingerprint density at radius 3 is 2.60 bits per heavy atom. The summed E-state index contributed by atoms with van der Waals surface area (Å²) in [5, 5.41) is 13.4. The molecule has 0 aromatic heterocycles. The molecule has 0 spiro atoms. The minimum absolute atomic E-state index is 0.00958. The third-order valence-electron chi connectivity index (χ3n) is 7.36. The van der Waals surface area contributed by atoms with E-state index in [9.17, 15) is 14.7 Å². The van der Waals surface area contributed by atoms with Gasteiger partial charge in [0.1, 0.15) is 6.17 Å². The first-order valence-corrected chi connectivity index (χ1v) is 11.1. The summed E-state index contributed by atoms with van der Waals surface area (Å²) in [7, 11) is 1.72. The van der Waals surface area contributed by atoms with Gasteiger partial charge < -0.3 is 20.2 Å². The van der Waals surface area contributed by atoms with Crippen LogP contribution in [0.3, 0.4) is 0 Å². The fourth-order valence-electron chi connectivity index (χ4n) is 5.34. The van der Waals surface area contributed by atoms with E-state index in [2.05, 4.69) is 43.4 Å². The minimum atomic E-state index is -0.549. The zero-order chi connectivity index (χ0) is 21.6. The van der Waals surface area contributed by atoms with E-state index in [4.69, 9.17) is 0 Å². The van der Waals surface area contributed by atoms with Crippen molar-refractivity contribution in [3.05, 3.63) is 46.8 Å². The number of rotatable bonds is 4. The highest BCUT2D eigenvalue weighted by atomic mass is 16.3. The summed E-state index contributed by atoms with van der Waals surface area (Å²) in [5.41, 5.74) is 2.77. The van der Waals surface area contributed by atoms with Crippen molar-refractivity contribution < 1.29 is 14.7 Å². The SMILES string of the molecule is CC(C)c1cccc(C2(CC3NC(=O)C(O)=C4C(=O)N(C)[C@@H](C)CN43)CCCC2)c1. The van der Waals surface area contributed by atoms with Crippen molar-refractivity contribution in [2.45, 2.75) is 76.4 Å². The molecule has 1 saturated heterocycles. The van der Waals surface area contributed by atoms with Crippen LogP contribution in [0.1, 0.15) is 69.9 Å². The Labute approximate surface area is 178 Å². The van der Waals surface area contributed by atoms with Gasteiger partial charge in [-0.2, -0.15) is 0 Å². The molecule has 2 aliphatic heterocycles. The number of hydrogen-bond donors (Lipinski definition) is 2. The molecule has 3 aliphatic rings. The van der Waals surface area contributed by atoms with E-state index in [1.807, 2.05) is 11.8 Å². The van der Waals surface area contributed by atoms with Crippen LogP contribution in [-0.2, 0) is 15.0 Å². The molecule has 1 aromatic rings. The molecular formula is C24H33N3O3. The van der Waals surface area contributed by atoms with Crippen LogP contribution < -0.4 is 5.32 Å². The summed E-state index contributed by atoms with van der Waals surface area (Å²) in [6.45, 7) is 7.00. The largest absolute Gasteiger partial charge is 0.501 e. The van der Waals surface area contributed by atoms with Gasteiger partial charge in [0, 0.05) is 19.6 Å². The summed E-state index contributed by atoms with van der Waals surface area (Å²) >= 11 is 0. The molecule has 2 amide bonds. The van der Waals surface area contributed by atoms with Crippen molar-refractivity contribution in [1.29, 1.82) is 0 Å². The van der Waals surface area contributed by atoms with Crippen LogP contribution in [0.15, 0.2) is 35.7 Å². The van der Waals surface area contributed by atoms with Crippen LogP contribution in [0.25, 0.3) is 0 Å². The maximum absolute atomic E-state index is 12.9. The predicted octanol–water partition coefficient (Wildman–Crippen LogP) is 3.40. The topological polar surface area (TPSA) is 72.9 Å². The predicted molar refractivity (Wildman–Crippen MR) is 116 cm³/mol. The van der Waals surface area contributed by atoms with E-state index in [-0.39, 0.29) is 29.2 Å². The Morgan fingerprint density at radius 2 is 1.93 bits per heavy atom.